The van der Waals surface area contributed by atoms with Crippen LogP contribution in [0.3, 0.4) is 0 Å². The number of morpholine rings is 1. The van der Waals surface area contributed by atoms with Gasteiger partial charge in [0.05, 0.1) is 24.4 Å². The summed E-state index contributed by atoms with van der Waals surface area (Å²) in [6.07, 6.45) is 1.00. The number of carbonyl (C=O) groups is 2. The minimum absolute atomic E-state index is 0.0360. The standard InChI is InChI=1S/C17H23N3O4/c1-3-13-9-20(6-7-23-13)17(22)18-11(2)12-4-5-15-14(8-12)19-16(21)10-24-15/h4-5,8,11,13H,3,6-7,9-10H2,1-2H3,(H,18,22)(H,19,21)/t11-,13+/m0/s1. The monoisotopic (exact) mass is 333 g/mol. The summed E-state index contributed by atoms with van der Waals surface area (Å²) >= 11 is 0. The number of hydrogen-bond donors (Lipinski definition) is 2. The molecule has 24 heavy (non-hydrogen) atoms. The topological polar surface area (TPSA) is 79.9 Å². The number of nitrogens with zero attached hydrogens (tertiary/aromatic N) is 1. The van der Waals surface area contributed by atoms with Gasteiger partial charge in [0.1, 0.15) is 5.75 Å². The number of anilines is 1. The maximum absolute atomic E-state index is 12.4. The lowest BCUT2D eigenvalue weighted by molar-refractivity contribution is -0.118. The summed E-state index contributed by atoms with van der Waals surface area (Å²) in [5.74, 6) is 0.478. The minimum Gasteiger partial charge on any atom is -0.482 e. The van der Waals surface area contributed by atoms with E-state index in [1.165, 1.54) is 0 Å². The van der Waals surface area contributed by atoms with Crippen molar-refractivity contribution in [2.24, 2.45) is 0 Å². The van der Waals surface area contributed by atoms with Gasteiger partial charge in [-0.25, -0.2) is 4.79 Å². The lowest BCUT2D eigenvalue weighted by atomic mass is 10.1. The highest BCUT2D eigenvalue weighted by Crippen LogP contribution is 2.30. The highest BCUT2D eigenvalue weighted by Gasteiger charge is 2.24. The van der Waals surface area contributed by atoms with Gasteiger partial charge < -0.3 is 25.0 Å². The van der Waals surface area contributed by atoms with Crippen molar-refractivity contribution in [3.63, 3.8) is 0 Å². The van der Waals surface area contributed by atoms with Crippen LogP contribution in [-0.2, 0) is 9.53 Å². The zero-order valence-corrected chi connectivity index (χ0v) is 14.0. The molecule has 2 aliphatic rings. The van der Waals surface area contributed by atoms with Crippen molar-refractivity contribution in [1.82, 2.24) is 10.2 Å². The van der Waals surface area contributed by atoms with E-state index in [2.05, 4.69) is 17.6 Å². The largest absolute Gasteiger partial charge is 0.482 e. The van der Waals surface area contributed by atoms with Crippen molar-refractivity contribution in [1.29, 1.82) is 0 Å². The van der Waals surface area contributed by atoms with Gasteiger partial charge in [-0.3, -0.25) is 4.79 Å². The van der Waals surface area contributed by atoms with Gasteiger partial charge in [-0.15, -0.1) is 0 Å². The van der Waals surface area contributed by atoms with Gasteiger partial charge >= 0.3 is 6.03 Å². The van der Waals surface area contributed by atoms with Crippen LogP contribution in [0.5, 0.6) is 5.75 Å². The molecular weight excluding hydrogens is 310 g/mol. The van der Waals surface area contributed by atoms with Crippen molar-refractivity contribution in [3.8, 4) is 5.75 Å². The quantitative estimate of drug-likeness (QED) is 0.885. The first-order valence-corrected chi connectivity index (χ1v) is 8.30. The Labute approximate surface area is 141 Å². The summed E-state index contributed by atoms with van der Waals surface area (Å²) in [5.41, 5.74) is 1.55. The van der Waals surface area contributed by atoms with Crippen LogP contribution in [0.4, 0.5) is 10.5 Å². The summed E-state index contributed by atoms with van der Waals surface area (Å²) in [6, 6.07) is 5.28. The predicted octanol–water partition coefficient (Wildman–Crippen LogP) is 1.90. The first kappa shape index (κ1) is 16.6. The van der Waals surface area contributed by atoms with Gasteiger partial charge in [0.15, 0.2) is 6.61 Å². The van der Waals surface area contributed by atoms with Crippen LogP contribution >= 0.6 is 0 Å². The fraction of sp³-hybridized carbons (Fsp3) is 0.529. The second-order valence-electron chi connectivity index (χ2n) is 6.11. The molecule has 1 aromatic carbocycles. The molecule has 130 valence electrons. The van der Waals surface area contributed by atoms with Crippen LogP contribution in [0, 0.1) is 0 Å². The molecule has 0 aliphatic carbocycles. The average molecular weight is 333 g/mol. The fourth-order valence-electron chi connectivity index (χ4n) is 2.88. The Bertz CT molecular complexity index is 634. The second kappa shape index (κ2) is 7.09. The van der Waals surface area contributed by atoms with E-state index in [0.717, 1.165) is 12.0 Å². The zero-order valence-electron chi connectivity index (χ0n) is 14.0. The number of rotatable bonds is 3. The molecule has 1 aromatic rings. The Morgan fingerprint density at radius 2 is 2.33 bits per heavy atom. The van der Waals surface area contributed by atoms with Crippen LogP contribution < -0.4 is 15.4 Å². The third-order valence-electron chi connectivity index (χ3n) is 4.36. The number of carbonyl (C=O) groups excluding carboxylic acids is 2. The molecule has 3 rings (SSSR count). The number of ether oxygens (including phenoxy) is 2. The van der Waals surface area contributed by atoms with E-state index >= 15 is 0 Å². The van der Waals surface area contributed by atoms with E-state index in [1.807, 2.05) is 25.1 Å². The minimum atomic E-state index is -0.176. The first-order valence-electron chi connectivity index (χ1n) is 8.30. The van der Waals surface area contributed by atoms with Crippen molar-refractivity contribution in [2.45, 2.75) is 32.4 Å². The van der Waals surface area contributed by atoms with Crippen LogP contribution in [-0.4, -0.2) is 49.2 Å². The molecule has 2 aliphatic heterocycles. The SMILES string of the molecule is CC[C@@H]1CN(C(=O)N[C@@H](C)c2ccc3c(c2)NC(=O)CO3)CCO1. The molecule has 1 fully saturated rings. The van der Waals surface area contributed by atoms with E-state index in [0.29, 0.717) is 31.1 Å². The normalized spacial score (nSPS) is 21.3. The van der Waals surface area contributed by atoms with Crippen LogP contribution in [0.2, 0.25) is 0 Å². The Kier molecular flexibility index (Phi) is 4.89. The summed E-state index contributed by atoms with van der Waals surface area (Å²) in [7, 11) is 0. The molecule has 7 nitrogen and oxygen atoms in total. The number of nitrogens with one attached hydrogen (secondary N) is 2. The van der Waals surface area contributed by atoms with Gasteiger partial charge in [0, 0.05) is 13.1 Å². The molecular formula is C17H23N3O4. The molecule has 0 radical (unpaired) electrons. The Hall–Kier alpha value is -2.28. The predicted molar refractivity (Wildman–Crippen MR) is 89.1 cm³/mol. The van der Waals surface area contributed by atoms with Crippen molar-refractivity contribution in [2.75, 3.05) is 31.6 Å². The van der Waals surface area contributed by atoms with Gasteiger partial charge in [-0.05, 0) is 31.0 Å². The summed E-state index contributed by atoms with van der Waals surface area (Å²) in [4.78, 5) is 25.7. The Balaban J connectivity index is 1.64. The van der Waals surface area contributed by atoms with E-state index in [9.17, 15) is 9.59 Å². The average Bonchev–Trinajstić information content (AvgIpc) is 2.61. The third kappa shape index (κ3) is 3.62. The van der Waals surface area contributed by atoms with E-state index in [4.69, 9.17) is 9.47 Å². The summed E-state index contributed by atoms with van der Waals surface area (Å²) < 4.78 is 10.9. The molecule has 0 saturated carbocycles. The molecule has 2 heterocycles. The van der Waals surface area contributed by atoms with E-state index in [1.54, 1.807) is 4.90 Å². The second-order valence-corrected chi connectivity index (χ2v) is 6.11. The third-order valence-corrected chi connectivity index (χ3v) is 4.36. The fourth-order valence-corrected chi connectivity index (χ4v) is 2.88. The van der Waals surface area contributed by atoms with Crippen LogP contribution in [0.25, 0.3) is 0 Å². The Morgan fingerprint density at radius 3 is 3.12 bits per heavy atom. The van der Waals surface area contributed by atoms with Crippen LogP contribution in [0.15, 0.2) is 18.2 Å². The molecule has 0 bridgehead atoms. The molecule has 2 N–H and O–H groups in total. The number of amides is 3. The van der Waals surface area contributed by atoms with E-state index in [-0.39, 0.29) is 30.7 Å². The molecule has 0 unspecified atom stereocenters. The van der Waals surface area contributed by atoms with Gasteiger partial charge in [0.25, 0.3) is 5.91 Å². The molecule has 0 aromatic heterocycles. The van der Waals surface area contributed by atoms with Crippen molar-refractivity contribution < 1.29 is 19.1 Å². The maximum Gasteiger partial charge on any atom is 0.318 e. The highest BCUT2D eigenvalue weighted by molar-refractivity contribution is 5.95. The Morgan fingerprint density at radius 1 is 1.50 bits per heavy atom. The van der Waals surface area contributed by atoms with E-state index < -0.39 is 0 Å². The molecule has 7 heteroatoms. The first-order chi connectivity index (χ1) is 11.6. The summed E-state index contributed by atoms with van der Waals surface area (Å²) in [5, 5.41) is 5.79. The molecule has 1 saturated heterocycles. The molecule has 0 spiro atoms. The number of urea groups is 1. The van der Waals surface area contributed by atoms with Gasteiger partial charge in [-0.1, -0.05) is 13.0 Å². The lowest BCUT2D eigenvalue weighted by Crippen LogP contribution is -2.49. The number of fused-ring (bicyclic) bond motifs is 1. The lowest BCUT2D eigenvalue weighted by Gasteiger charge is -2.33. The van der Waals surface area contributed by atoms with Crippen LogP contribution in [0.1, 0.15) is 31.9 Å². The van der Waals surface area contributed by atoms with Gasteiger partial charge in [0.2, 0.25) is 0 Å². The van der Waals surface area contributed by atoms with Crippen molar-refractivity contribution >= 4 is 17.6 Å². The number of benzene rings is 1. The molecule has 2 atom stereocenters. The highest BCUT2D eigenvalue weighted by atomic mass is 16.5. The number of hydrogen-bond acceptors (Lipinski definition) is 4. The smallest absolute Gasteiger partial charge is 0.318 e. The van der Waals surface area contributed by atoms with Gasteiger partial charge in [-0.2, -0.15) is 0 Å². The maximum atomic E-state index is 12.4. The molecule has 3 amide bonds. The summed E-state index contributed by atoms with van der Waals surface area (Å²) in [6.45, 7) is 5.80. The van der Waals surface area contributed by atoms with Crippen molar-refractivity contribution in [3.05, 3.63) is 23.8 Å². The zero-order chi connectivity index (χ0) is 17.1.